The Morgan fingerprint density at radius 3 is 2.10 bits per heavy atom. The largest absolute Gasteiger partial charge is 0.354 e. The van der Waals surface area contributed by atoms with Crippen LogP contribution in [0.4, 0.5) is 5.69 Å². The summed E-state index contributed by atoms with van der Waals surface area (Å²) in [6.07, 6.45) is 2.02. The number of sulfonamides is 1. The smallest absolute Gasteiger partial charge is 0.244 e. The molecule has 1 atom stereocenters. The number of halogens is 2. The van der Waals surface area contributed by atoms with E-state index >= 15 is 0 Å². The van der Waals surface area contributed by atoms with E-state index in [9.17, 15) is 18.0 Å². The van der Waals surface area contributed by atoms with Crippen LogP contribution >= 0.6 is 23.2 Å². The van der Waals surface area contributed by atoms with Crippen molar-refractivity contribution >= 4 is 50.7 Å². The Hall–Kier alpha value is -3.07. The molecule has 1 unspecified atom stereocenters. The molecule has 0 spiro atoms. The van der Waals surface area contributed by atoms with E-state index in [0.29, 0.717) is 27.8 Å². The zero-order valence-corrected chi connectivity index (χ0v) is 27.1. The van der Waals surface area contributed by atoms with Crippen molar-refractivity contribution in [1.29, 1.82) is 0 Å². The molecule has 0 aliphatic rings. The first-order valence-corrected chi connectivity index (χ1v) is 16.4. The number of carbonyl (C=O) groups excluding carboxylic acids is 2. The summed E-state index contributed by atoms with van der Waals surface area (Å²) < 4.78 is 27.1. The SMILES string of the molecule is CCCNC(=O)C(Cc1ccccc1)N(Cc1ccc(Cl)c(Cl)c1)C(=O)CN(c1ccc(C(C)(C)C)cc1)S(C)(=O)=O. The molecule has 1 N–H and O–H groups in total. The monoisotopic (exact) mass is 631 g/mol. The lowest BCUT2D eigenvalue weighted by Gasteiger charge is -2.33. The second-order valence-corrected chi connectivity index (χ2v) is 14.1. The Kier molecular flexibility index (Phi) is 11.5. The van der Waals surface area contributed by atoms with Gasteiger partial charge in [0, 0.05) is 19.5 Å². The van der Waals surface area contributed by atoms with E-state index in [2.05, 4.69) is 26.1 Å². The lowest BCUT2D eigenvalue weighted by molar-refractivity contribution is -0.140. The fraction of sp³-hybridized carbons (Fsp3) is 0.375. The highest BCUT2D eigenvalue weighted by atomic mass is 35.5. The number of rotatable bonds is 12. The highest BCUT2D eigenvalue weighted by Gasteiger charge is 2.33. The van der Waals surface area contributed by atoms with Crippen LogP contribution in [0.1, 0.15) is 50.8 Å². The van der Waals surface area contributed by atoms with Crippen LogP contribution in [0.3, 0.4) is 0 Å². The van der Waals surface area contributed by atoms with Gasteiger partial charge < -0.3 is 10.2 Å². The van der Waals surface area contributed by atoms with E-state index in [1.165, 1.54) is 4.90 Å². The maximum Gasteiger partial charge on any atom is 0.244 e. The first-order valence-electron chi connectivity index (χ1n) is 13.8. The topological polar surface area (TPSA) is 86.8 Å². The van der Waals surface area contributed by atoms with E-state index in [1.54, 1.807) is 30.3 Å². The molecule has 3 aromatic rings. The molecule has 3 rings (SSSR count). The van der Waals surface area contributed by atoms with Gasteiger partial charge in [-0.05, 0) is 52.8 Å². The number of hydrogen-bond acceptors (Lipinski definition) is 4. The summed E-state index contributed by atoms with van der Waals surface area (Å²) in [7, 11) is -3.85. The minimum atomic E-state index is -3.85. The highest BCUT2D eigenvalue weighted by Crippen LogP contribution is 2.27. The van der Waals surface area contributed by atoms with Gasteiger partial charge in [0.1, 0.15) is 12.6 Å². The van der Waals surface area contributed by atoms with Crippen molar-refractivity contribution in [2.45, 2.75) is 58.5 Å². The fourth-order valence-electron chi connectivity index (χ4n) is 4.50. The summed E-state index contributed by atoms with van der Waals surface area (Å²) >= 11 is 12.4. The Bertz CT molecular complexity index is 1470. The summed E-state index contributed by atoms with van der Waals surface area (Å²) in [5, 5.41) is 3.59. The van der Waals surface area contributed by atoms with Crippen LogP contribution in [0.25, 0.3) is 0 Å². The molecule has 2 amide bonds. The summed E-state index contributed by atoms with van der Waals surface area (Å²) in [6, 6.07) is 20.6. The first-order chi connectivity index (χ1) is 19.7. The Morgan fingerprint density at radius 2 is 1.55 bits per heavy atom. The molecule has 0 saturated carbocycles. The first kappa shape index (κ1) is 33.4. The second kappa shape index (κ2) is 14.4. The number of amides is 2. The van der Waals surface area contributed by atoms with Crippen LogP contribution in [0.5, 0.6) is 0 Å². The van der Waals surface area contributed by atoms with Gasteiger partial charge in [-0.3, -0.25) is 13.9 Å². The van der Waals surface area contributed by atoms with Gasteiger partial charge in [-0.25, -0.2) is 8.42 Å². The van der Waals surface area contributed by atoms with Crippen LogP contribution in [0.2, 0.25) is 10.0 Å². The van der Waals surface area contributed by atoms with Crippen LogP contribution in [0, 0.1) is 0 Å². The molecule has 0 heterocycles. The summed E-state index contributed by atoms with van der Waals surface area (Å²) in [5.74, 6) is -0.853. The molecule has 0 aromatic heterocycles. The predicted molar refractivity (Wildman–Crippen MR) is 172 cm³/mol. The molecule has 42 heavy (non-hydrogen) atoms. The van der Waals surface area contributed by atoms with Crippen molar-refractivity contribution in [3.8, 4) is 0 Å². The summed E-state index contributed by atoms with van der Waals surface area (Å²) in [4.78, 5) is 29.1. The van der Waals surface area contributed by atoms with Gasteiger partial charge in [0.05, 0.1) is 22.0 Å². The quantitative estimate of drug-likeness (QED) is 0.257. The molecule has 0 aliphatic heterocycles. The number of benzene rings is 3. The van der Waals surface area contributed by atoms with Crippen LogP contribution < -0.4 is 9.62 Å². The Morgan fingerprint density at radius 1 is 0.905 bits per heavy atom. The highest BCUT2D eigenvalue weighted by molar-refractivity contribution is 7.92. The predicted octanol–water partition coefficient (Wildman–Crippen LogP) is 6.22. The molecule has 0 saturated heterocycles. The van der Waals surface area contributed by atoms with Crippen LogP contribution in [-0.4, -0.2) is 50.5 Å². The van der Waals surface area contributed by atoms with Gasteiger partial charge in [0.2, 0.25) is 21.8 Å². The molecule has 0 bridgehead atoms. The van der Waals surface area contributed by atoms with Gasteiger partial charge in [0.15, 0.2) is 0 Å². The zero-order valence-electron chi connectivity index (χ0n) is 24.7. The van der Waals surface area contributed by atoms with Gasteiger partial charge >= 0.3 is 0 Å². The third kappa shape index (κ3) is 9.21. The third-order valence-electron chi connectivity index (χ3n) is 6.86. The van der Waals surface area contributed by atoms with Gasteiger partial charge in [-0.15, -0.1) is 0 Å². The van der Waals surface area contributed by atoms with Crippen molar-refractivity contribution in [2.75, 3.05) is 23.7 Å². The number of nitrogens with zero attached hydrogens (tertiary/aromatic N) is 2. The van der Waals surface area contributed by atoms with Gasteiger partial charge in [-0.2, -0.15) is 0 Å². The maximum atomic E-state index is 14.1. The lowest BCUT2D eigenvalue weighted by atomic mass is 9.87. The molecule has 3 aromatic carbocycles. The number of hydrogen-bond donors (Lipinski definition) is 1. The van der Waals surface area contributed by atoms with Gasteiger partial charge in [0.25, 0.3) is 0 Å². The average molecular weight is 633 g/mol. The molecular formula is C32H39Cl2N3O4S. The maximum absolute atomic E-state index is 14.1. The van der Waals surface area contributed by atoms with Crippen LogP contribution in [0.15, 0.2) is 72.8 Å². The number of carbonyl (C=O) groups is 2. The lowest BCUT2D eigenvalue weighted by Crippen LogP contribution is -2.53. The van der Waals surface area contributed by atoms with E-state index in [1.807, 2.05) is 49.4 Å². The zero-order chi connectivity index (χ0) is 31.1. The Balaban J connectivity index is 2.05. The molecule has 10 heteroatoms. The molecular weight excluding hydrogens is 593 g/mol. The van der Waals surface area contributed by atoms with Crippen molar-refractivity contribution in [3.63, 3.8) is 0 Å². The van der Waals surface area contributed by atoms with E-state index in [0.717, 1.165) is 28.1 Å². The summed E-state index contributed by atoms with van der Waals surface area (Å²) in [5.41, 5.74) is 2.78. The van der Waals surface area contributed by atoms with Crippen molar-refractivity contribution in [2.24, 2.45) is 0 Å². The Labute approximate surface area is 259 Å². The van der Waals surface area contributed by atoms with Gasteiger partial charge in [-0.1, -0.05) is 99.4 Å². The second-order valence-electron chi connectivity index (χ2n) is 11.3. The van der Waals surface area contributed by atoms with E-state index in [4.69, 9.17) is 23.2 Å². The van der Waals surface area contributed by atoms with Crippen LogP contribution in [-0.2, 0) is 38.0 Å². The number of anilines is 1. The standard InChI is InChI=1S/C32H39Cl2N3O4S/c1-6-18-35-31(39)29(20-23-10-8-7-9-11-23)36(21-24-12-17-27(33)28(34)19-24)30(38)22-37(42(5,40)41)26-15-13-25(14-16-26)32(2,3)4/h7-17,19,29H,6,18,20-22H2,1-5H3,(H,35,39). The number of nitrogens with one attached hydrogen (secondary N) is 1. The minimum absolute atomic E-state index is 0.0212. The van der Waals surface area contributed by atoms with E-state index in [-0.39, 0.29) is 24.3 Å². The molecule has 0 fully saturated rings. The average Bonchev–Trinajstić information content (AvgIpc) is 2.93. The minimum Gasteiger partial charge on any atom is -0.354 e. The van der Waals surface area contributed by atoms with Crippen molar-refractivity contribution in [3.05, 3.63) is 99.5 Å². The fourth-order valence-corrected chi connectivity index (χ4v) is 5.67. The normalized spacial score (nSPS) is 12.5. The molecule has 7 nitrogen and oxygen atoms in total. The third-order valence-corrected chi connectivity index (χ3v) is 8.74. The molecule has 0 radical (unpaired) electrons. The molecule has 226 valence electrons. The summed E-state index contributed by atoms with van der Waals surface area (Å²) in [6.45, 7) is 8.12. The van der Waals surface area contributed by atoms with Crippen molar-refractivity contribution in [1.82, 2.24) is 10.2 Å². The van der Waals surface area contributed by atoms with Crippen molar-refractivity contribution < 1.29 is 18.0 Å². The molecule has 0 aliphatic carbocycles. The van der Waals surface area contributed by atoms with E-state index < -0.39 is 28.5 Å².